The molecular weight excluding hydrogens is 610 g/mol. The van der Waals surface area contributed by atoms with Gasteiger partial charge in [-0.05, 0) is 44.4 Å². The average molecular weight is 652 g/mol. The van der Waals surface area contributed by atoms with Crippen molar-refractivity contribution in [1.82, 2.24) is 5.32 Å². The summed E-state index contributed by atoms with van der Waals surface area (Å²) in [5.74, 6) is -0.636. The number of aliphatic hydroxyl groups is 3. The monoisotopic (exact) mass is 651 g/mol. The van der Waals surface area contributed by atoms with Gasteiger partial charge >= 0.3 is 5.97 Å². The van der Waals surface area contributed by atoms with Gasteiger partial charge in [0.2, 0.25) is 0 Å². The van der Waals surface area contributed by atoms with Gasteiger partial charge in [-0.25, -0.2) is 0 Å². The van der Waals surface area contributed by atoms with Crippen molar-refractivity contribution in [1.29, 1.82) is 0 Å². The maximum absolute atomic E-state index is 13.2. The van der Waals surface area contributed by atoms with Gasteiger partial charge in [0.05, 0.1) is 24.3 Å². The first kappa shape index (κ1) is 36.2. The van der Waals surface area contributed by atoms with Crippen LogP contribution in [0.5, 0.6) is 11.5 Å². The van der Waals surface area contributed by atoms with Crippen LogP contribution in [0.3, 0.4) is 0 Å². The van der Waals surface area contributed by atoms with E-state index in [9.17, 15) is 29.7 Å². The molecule has 248 valence electrons. The Morgan fingerprint density at radius 1 is 1.00 bits per heavy atom. The van der Waals surface area contributed by atoms with E-state index in [0.29, 0.717) is 6.42 Å². The van der Waals surface area contributed by atoms with E-state index in [1.807, 2.05) is 24.3 Å². The van der Waals surface area contributed by atoms with Gasteiger partial charge in [0.25, 0.3) is 5.91 Å². The highest BCUT2D eigenvalue weighted by molar-refractivity contribution is 6.32. The number of methoxy groups -OCH3 is 2. The van der Waals surface area contributed by atoms with Crippen molar-refractivity contribution in [3.63, 3.8) is 0 Å². The van der Waals surface area contributed by atoms with Gasteiger partial charge in [-0.15, -0.1) is 0 Å². The van der Waals surface area contributed by atoms with E-state index in [0.717, 1.165) is 11.1 Å². The lowest BCUT2D eigenvalue weighted by Gasteiger charge is -2.41. The van der Waals surface area contributed by atoms with Gasteiger partial charge < -0.3 is 44.3 Å². The summed E-state index contributed by atoms with van der Waals surface area (Å²) in [6.07, 6.45) is -4.11. The lowest BCUT2D eigenvalue weighted by atomic mass is 9.96. The normalized spacial score (nSPS) is 21.6. The van der Waals surface area contributed by atoms with E-state index in [2.05, 4.69) is 5.32 Å². The SMILES string of the molecule is COc1cc(OCc2cccc(CC(=O)CCCC(=O)OC(C)(C)C)c2)c(Cl)cc1C(=O)N[C@H]1[C@@H](OC)O[C@H](CO)[C@@H](O)[C@@H]1O. The van der Waals surface area contributed by atoms with Crippen LogP contribution >= 0.6 is 11.6 Å². The van der Waals surface area contributed by atoms with Crippen molar-refractivity contribution in [2.24, 2.45) is 0 Å². The van der Waals surface area contributed by atoms with Crippen molar-refractivity contribution >= 4 is 29.3 Å². The Labute approximate surface area is 267 Å². The van der Waals surface area contributed by atoms with Crippen LogP contribution < -0.4 is 14.8 Å². The number of ketones is 1. The van der Waals surface area contributed by atoms with Gasteiger partial charge in [0.1, 0.15) is 53.8 Å². The summed E-state index contributed by atoms with van der Waals surface area (Å²) in [5, 5.41) is 32.9. The van der Waals surface area contributed by atoms with E-state index in [-0.39, 0.29) is 59.7 Å². The van der Waals surface area contributed by atoms with E-state index < -0.39 is 48.8 Å². The minimum absolute atomic E-state index is 0.00475. The Kier molecular flexibility index (Phi) is 13.2. The number of carbonyl (C=O) groups excluding carboxylic acids is 3. The second-order valence-corrected chi connectivity index (χ2v) is 12.1. The number of benzene rings is 2. The summed E-state index contributed by atoms with van der Waals surface area (Å²) in [4.78, 5) is 37.6. The van der Waals surface area contributed by atoms with E-state index in [4.69, 9.17) is 35.3 Å². The summed E-state index contributed by atoms with van der Waals surface area (Å²) in [6.45, 7) is 4.95. The number of carbonyl (C=O) groups is 3. The molecule has 1 aliphatic heterocycles. The molecule has 3 rings (SSSR count). The minimum Gasteiger partial charge on any atom is -0.496 e. The van der Waals surface area contributed by atoms with Crippen molar-refractivity contribution in [3.8, 4) is 11.5 Å². The molecule has 12 nitrogen and oxygen atoms in total. The summed E-state index contributed by atoms with van der Waals surface area (Å²) in [7, 11) is 2.67. The Bertz CT molecular complexity index is 1330. The second-order valence-electron chi connectivity index (χ2n) is 11.7. The molecule has 0 bridgehead atoms. The third-order valence-corrected chi connectivity index (χ3v) is 7.25. The Morgan fingerprint density at radius 3 is 2.36 bits per heavy atom. The minimum atomic E-state index is -1.49. The second kappa shape index (κ2) is 16.3. The number of hydrogen-bond donors (Lipinski definition) is 4. The van der Waals surface area contributed by atoms with E-state index >= 15 is 0 Å². The lowest BCUT2D eigenvalue weighted by Crippen LogP contribution is -2.64. The number of amides is 1. The number of Topliss-reactive ketones (excluding diaryl/α,β-unsaturated/α-hetero) is 1. The molecule has 1 saturated heterocycles. The summed E-state index contributed by atoms with van der Waals surface area (Å²) < 4.78 is 27.2. The fourth-order valence-corrected chi connectivity index (χ4v) is 5.01. The van der Waals surface area contributed by atoms with Crippen LogP contribution in [-0.4, -0.2) is 90.1 Å². The predicted octanol–water partition coefficient (Wildman–Crippen LogP) is 2.74. The predicted molar refractivity (Wildman–Crippen MR) is 163 cm³/mol. The highest BCUT2D eigenvalue weighted by Crippen LogP contribution is 2.34. The van der Waals surface area contributed by atoms with Gasteiger partial charge in [-0.2, -0.15) is 0 Å². The number of nitrogens with one attached hydrogen (secondary N) is 1. The number of rotatable bonds is 14. The zero-order valence-electron chi connectivity index (χ0n) is 26.1. The molecule has 45 heavy (non-hydrogen) atoms. The molecular formula is C32H42ClNO11. The zero-order chi connectivity index (χ0) is 33.3. The molecule has 4 N–H and O–H groups in total. The molecule has 1 amide bonds. The standard InChI is InChI=1S/C32H42ClNO11/c1-32(2,3)45-26(37)11-7-10-20(36)13-18-8-6-9-19(12-18)17-43-24-15-23(41-4)21(14-22(24)33)30(40)34-27-29(39)28(38)25(16-35)44-31(27)42-5/h6,8-9,12,14-15,25,27-29,31,35,38-39H,7,10-11,13,16-17H2,1-5H3,(H,34,40)/t25-,27-,28-,29-,31+/m1/s1. The van der Waals surface area contributed by atoms with Crippen LogP contribution in [0.4, 0.5) is 0 Å². The third-order valence-electron chi connectivity index (χ3n) is 6.95. The highest BCUT2D eigenvalue weighted by atomic mass is 35.5. The Morgan fingerprint density at radius 2 is 1.71 bits per heavy atom. The van der Waals surface area contributed by atoms with Crippen molar-refractivity contribution < 1.29 is 53.4 Å². The number of ether oxygens (including phenoxy) is 5. The maximum atomic E-state index is 13.2. The fraction of sp³-hybridized carbons (Fsp3) is 0.531. The molecule has 0 spiro atoms. The first-order chi connectivity index (χ1) is 21.3. The smallest absolute Gasteiger partial charge is 0.306 e. The summed E-state index contributed by atoms with van der Waals surface area (Å²) in [5.41, 5.74) is 1.05. The number of esters is 1. The van der Waals surface area contributed by atoms with Gasteiger partial charge in [-0.3, -0.25) is 14.4 Å². The van der Waals surface area contributed by atoms with Gasteiger partial charge in [0.15, 0.2) is 6.29 Å². The van der Waals surface area contributed by atoms with Crippen LogP contribution in [0.15, 0.2) is 36.4 Å². The van der Waals surface area contributed by atoms with Crippen molar-refractivity contribution in [2.75, 3.05) is 20.8 Å². The zero-order valence-corrected chi connectivity index (χ0v) is 26.8. The van der Waals surface area contributed by atoms with Crippen LogP contribution in [0, 0.1) is 0 Å². The largest absolute Gasteiger partial charge is 0.496 e. The van der Waals surface area contributed by atoms with Gasteiger partial charge in [0, 0.05) is 32.4 Å². The molecule has 1 fully saturated rings. The molecule has 2 aromatic rings. The molecule has 13 heteroatoms. The summed E-state index contributed by atoms with van der Waals surface area (Å²) >= 11 is 6.46. The number of aliphatic hydroxyl groups excluding tert-OH is 3. The van der Waals surface area contributed by atoms with Crippen LogP contribution in [0.2, 0.25) is 5.02 Å². The molecule has 1 heterocycles. The number of hydrogen-bond acceptors (Lipinski definition) is 11. The topological polar surface area (TPSA) is 170 Å². The van der Waals surface area contributed by atoms with Gasteiger partial charge in [-0.1, -0.05) is 35.9 Å². The average Bonchev–Trinajstić information content (AvgIpc) is 2.98. The number of halogens is 1. The molecule has 2 aromatic carbocycles. The quantitative estimate of drug-likeness (QED) is 0.222. The van der Waals surface area contributed by atoms with E-state index in [1.165, 1.54) is 26.4 Å². The molecule has 5 atom stereocenters. The molecule has 0 radical (unpaired) electrons. The lowest BCUT2D eigenvalue weighted by molar-refractivity contribution is -0.261. The van der Waals surface area contributed by atoms with E-state index in [1.54, 1.807) is 20.8 Å². The molecule has 0 saturated carbocycles. The molecule has 1 aliphatic rings. The van der Waals surface area contributed by atoms with Crippen molar-refractivity contribution in [2.45, 2.75) is 89.3 Å². The van der Waals surface area contributed by atoms with Crippen LogP contribution in [-0.2, 0) is 36.8 Å². The molecule has 0 aromatic heterocycles. The van der Waals surface area contributed by atoms with Crippen LogP contribution in [0.25, 0.3) is 0 Å². The van der Waals surface area contributed by atoms with Crippen molar-refractivity contribution in [3.05, 3.63) is 58.1 Å². The first-order valence-electron chi connectivity index (χ1n) is 14.5. The molecule has 0 unspecified atom stereocenters. The highest BCUT2D eigenvalue weighted by Gasteiger charge is 2.45. The Balaban J connectivity index is 1.61. The first-order valence-corrected chi connectivity index (χ1v) is 14.9. The third kappa shape index (κ3) is 10.4. The van der Waals surface area contributed by atoms with Crippen LogP contribution in [0.1, 0.15) is 61.5 Å². The molecule has 0 aliphatic carbocycles. The Hall–Kier alpha value is -3.26. The maximum Gasteiger partial charge on any atom is 0.306 e. The fourth-order valence-electron chi connectivity index (χ4n) is 4.79. The summed E-state index contributed by atoms with van der Waals surface area (Å²) in [6, 6.07) is 8.97.